The Morgan fingerprint density at radius 1 is 1.00 bits per heavy atom. The number of aryl methyl sites for hydroxylation is 2. The predicted molar refractivity (Wildman–Crippen MR) is 117 cm³/mol. The van der Waals surface area contributed by atoms with Crippen LogP contribution < -0.4 is 9.50 Å². The van der Waals surface area contributed by atoms with E-state index in [4.69, 9.17) is 15.8 Å². The summed E-state index contributed by atoms with van der Waals surface area (Å²) in [6, 6.07) is 17.3. The van der Waals surface area contributed by atoms with Crippen LogP contribution in [-0.4, -0.2) is 8.42 Å². The van der Waals surface area contributed by atoms with Crippen molar-refractivity contribution >= 4 is 43.3 Å². The largest absolute Gasteiger partial charge is 0.381 e. The van der Waals surface area contributed by atoms with Gasteiger partial charge in [-0.3, -0.25) is 0 Å². The Hall–Kier alpha value is -2.02. The van der Waals surface area contributed by atoms with E-state index in [0.29, 0.717) is 17.1 Å². The molecular formula is C21H19BrClNO3S. The molecule has 3 aromatic carbocycles. The van der Waals surface area contributed by atoms with Crippen LogP contribution in [-0.2, 0) is 16.7 Å². The van der Waals surface area contributed by atoms with Gasteiger partial charge in [-0.25, -0.2) is 0 Å². The number of rotatable bonds is 6. The summed E-state index contributed by atoms with van der Waals surface area (Å²) < 4.78 is 31.6. The van der Waals surface area contributed by atoms with Crippen LogP contribution in [0.2, 0.25) is 5.02 Å². The fraction of sp³-hybridized carbons (Fsp3) is 0.143. The smallest absolute Gasteiger partial charge is 0.339 e. The molecule has 0 radical (unpaired) electrons. The van der Waals surface area contributed by atoms with E-state index in [1.165, 1.54) is 12.1 Å². The zero-order chi connectivity index (χ0) is 20.3. The van der Waals surface area contributed by atoms with E-state index in [2.05, 4.69) is 21.2 Å². The molecule has 0 atom stereocenters. The van der Waals surface area contributed by atoms with Gasteiger partial charge in [0.25, 0.3) is 0 Å². The monoisotopic (exact) mass is 479 g/mol. The molecule has 1 N–H and O–H groups in total. The molecule has 0 spiro atoms. The fourth-order valence-electron chi connectivity index (χ4n) is 2.61. The van der Waals surface area contributed by atoms with E-state index in [-0.39, 0.29) is 10.6 Å². The van der Waals surface area contributed by atoms with Crippen LogP contribution >= 0.6 is 27.5 Å². The van der Waals surface area contributed by atoms with Crippen LogP contribution in [0.4, 0.5) is 5.69 Å². The van der Waals surface area contributed by atoms with Gasteiger partial charge in [-0.1, -0.05) is 51.3 Å². The number of benzene rings is 3. The molecule has 0 unspecified atom stereocenters. The topological polar surface area (TPSA) is 55.4 Å². The lowest BCUT2D eigenvalue weighted by molar-refractivity contribution is 0.483. The van der Waals surface area contributed by atoms with Crippen molar-refractivity contribution in [1.29, 1.82) is 0 Å². The zero-order valence-electron chi connectivity index (χ0n) is 15.4. The second-order valence-electron chi connectivity index (χ2n) is 6.42. The summed E-state index contributed by atoms with van der Waals surface area (Å²) in [5.41, 5.74) is 3.59. The highest BCUT2D eigenvalue weighted by atomic mass is 79.9. The van der Waals surface area contributed by atoms with Gasteiger partial charge in [-0.15, -0.1) is 0 Å². The molecule has 0 saturated heterocycles. The molecule has 0 aliphatic carbocycles. The summed E-state index contributed by atoms with van der Waals surface area (Å²) in [7, 11) is -3.93. The van der Waals surface area contributed by atoms with Gasteiger partial charge >= 0.3 is 10.1 Å². The lowest BCUT2D eigenvalue weighted by Crippen LogP contribution is -2.12. The van der Waals surface area contributed by atoms with Crippen LogP contribution in [0.1, 0.15) is 16.7 Å². The fourth-order valence-corrected chi connectivity index (χ4v) is 4.16. The molecule has 3 rings (SSSR count). The lowest BCUT2D eigenvalue weighted by atomic mass is 10.1. The maximum Gasteiger partial charge on any atom is 0.339 e. The molecule has 28 heavy (non-hydrogen) atoms. The maximum atomic E-state index is 12.7. The number of halogens is 2. The first-order valence-electron chi connectivity index (χ1n) is 8.54. The van der Waals surface area contributed by atoms with Crippen LogP contribution in [0.15, 0.2) is 70.0 Å². The SMILES string of the molecule is Cc1ccc(S(=O)(=O)Oc2ccc(Br)cc2CNc2cc(Cl)ccc2C)cc1. The van der Waals surface area contributed by atoms with Crippen LogP contribution in [0.25, 0.3) is 0 Å². The molecule has 0 bridgehead atoms. The normalized spacial score (nSPS) is 11.3. The van der Waals surface area contributed by atoms with Gasteiger partial charge < -0.3 is 9.50 Å². The van der Waals surface area contributed by atoms with Crippen molar-refractivity contribution < 1.29 is 12.6 Å². The van der Waals surface area contributed by atoms with Gasteiger partial charge in [0, 0.05) is 27.3 Å². The summed E-state index contributed by atoms with van der Waals surface area (Å²) in [6.07, 6.45) is 0. The molecule has 4 nitrogen and oxygen atoms in total. The van der Waals surface area contributed by atoms with E-state index in [0.717, 1.165) is 21.3 Å². The third-order valence-electron chi connectivity index (χ3n) is 4.20. The van der Waals surface area contributed by atoms with E-state index in [1.54, 1.807) is 24.3 Å². The lowest BCUT2D eigenvalue weighted by Gasteiger charge is -2.15. The van der Waals surface area contributed by atoms with Crippen molar-refractivity contribution in [3.8, 4) is 5.75 Å². The minimum atomic E-state index is -3.93. The van der Waals surface area contributed by atoms with Crippen molar-refractivity contribution in [1.82, 2.24) is 0 Å². The van der Waals surface area contributed by atoms with Crippen LogP contribution in [0, 0.1) is 13.8 Å². The summed E-state index contributed by atoms with van der Waals surface area (Å²) >= 11 is 9.50. The molecular weight excluding hydrogens is 462 g/mol. The minimum absolute atomic E-state index is 0.116. The average molecular weight is 481 g/mol. The Bertz CT molecular complexity index is 1100. The second-order valence-corrected chi connectivity index (χ2v) is 9.31. The van der Waals surface area contributed by atoms with Gasteiger partial charge in [0.1, 0.15) is 10.6 Å². The highest BCUT2D eigenvalue weighted by molar-refractivity contribution is 9.10. The van der Waals surface area contributed by atoms with Gasteiger partial charge in [-0.2, -0.15) is 8.42 Å². The van der Waals surface area contributed by atoms with E-state index >= 15 is 0 Å². The maximum absolute atomic E-state index is 12.7. The average Bonchev–Trinajstić information content (AvgIpc) is 2.64. The number of hydrogen-bond acceptors (Lipinski definition) is 4. The molecule has 3 aromatic rings. The van der Waals surface area contributed by atoms with Crippen molar-refractivity contribution in [2.45, 2.75) is 25.3 Å². The quantitative estimate of drug-likeness (QED) is 0.433. The molecule has 0 fully saturated rings. The molecule has 0 aliphatic rings. The third-order valence-corrected chi connectivity index (χ3v) is 6.18. The molecule has 0 amide bonds. The molecule has 0 aromatic heterocycles. The van der Waals surface area contributed by atoms with Gasteiger partial charge in [0.05, 0.1) is 0 Å². The van der Waals surface area contributed by atoms with Gasteiger partial charge in [0.2, 0.25) is 0 Å². The van der Waals surface area contributed by atoms with Gasteiger partial charge in [0.15, 0.2) is 0 Å². The molecule has 0 heterocycles. The zero-order valence-corrected chi connectivity index (χ0v) is 18.5. The summed E-state index contributed by atoms with van der Waals surface area (Å²) in [4.78, 5) is 0.116. The third kappa shape index (κ3) is 5.07. The Morgan fingerprint density at radius 3 is 2.43 bits per heavy atom. The van der Waals surface area contributed by atoms with E-state index in [1.807, 2.05) is 38.1 Å². The van der Waals surface area contributed by atoms with Crippen LogP contribution in [0.3, 0.4) is 0 Å². The Balaban J connectivity index is 1.86. The van der Waals surface area contributed by atoms with Crippen molar-refractivity contribution in [2.24, 2.45) is 0 Å². The summed E-state index contributed by atoms with van der Waals surface area (Å²) in [5, 5.41) is 3.92. The summed E-state index contributed by atoms with van der Waals surface area (Å²) in [5.74, 6) is 0.274. The minimum Gasteiger partial charge on any atom is -0.381 e. The number of anilines is 1. The first kappa shape index (κ1) is 20.7. The molecule has 0 aliphatic heterocycles. The Kier molecular flexibility index (Phi) is 6.33. The first-order chi connectivity index (χ1) is 13.2. The Labute approximate surface area is 178 Å². The second kappa shape index (κ2) is 8.55. The first-order valence-corrected chi connectivity index (χ1v) is 11.1. The van der Waals surface area contributed by atoms with Crippen molar-refractivity contribution in [3.05, 3.63) is 86.8 Å². The van der Waals surface area contributed by atoms with Gasteiger partial charge in [-0.05, 0) is 61.9 Å². The number of hydrogen-bond donors (Lipinski definition) is 1. The van der Waals surface area contributed by atoms with E-state index < -0.39 is 10.1 Å². The highest BCUT2D eigenvalue weighted by Crippen LogP contribution is 2.28. The van der Waals surface area contributed by atoms with Crippen LogP contribution in [0.5, 0.6) is 5.75 Å². The number of nitrogens with one attached hydrogen (secondary N) is 1. The molecule has 7 heteroatoms. The predicted octanol–water partition coefficient (Wildman–Crippen LogP) is 6.10. The standard InChI is InChI=1S/C21H19BrClNO3S/c1-14-3-8-19(9-4-14)28(25,26)27-21-10-6-17(22)11-16(21)13-24-20-12-18(23)7-5-15(20)2/h3-12,24H,13H2,1-2H3. The summed E-state index contributed by atoms with van der Waals surface area (Å²) in [6.45, 7) is 4.24. The Morgan fingerprint density at radius 2 is 1.71 bits per heavy atom. The molecule has 146 valence electrons. The van der Waals surface area contributed by atoms with E-state index in [9.17, 15) is 8.42 Å². The highest BCUT2D eigenvalue weighted by Gasteiger charge is 2.18. The molecule has 0 saturated carbocycles. The van der Waals surface area contributed by atoms with Crippen molar-refractivity contribution in [2.75, 3.05) is 5.32 Å². The van der Waals surface area contributed by atoms with Crippen molar-refractivity contribution in [3.63, 3.8) is 0 Å².